The number of benzene rings is 1. The van der Waals surface area contributed by atoms with E-state index < -0.39 is 0 Å². The van der Waals surface area contributed by atoms with Crippen LogP contribution in [0.3, 0.4) is 0 Å². The number of nitrogens with zero attached hydrogens (tertiary/aromatic N) is 2. The van der Waals surface area contributed by atoms with Crippen LogP contribution in [-0.4, -0.2) is 18.2 Å². The van der Waals surface area contributed by atoms with Crippen LogP contribution in [0, 0.1) is 17.2 Å². The van der Waals surface area contributed by atoms with E-state index in [1.54, 1.807) is 0 Å². The second-order valence-electron chi connectivity index (χ2n) is 4.58. The van der Waals surface area contributed by atoms with Gasteiger partial charge in [0.1, 0.15) is 0 Å². The van der Waals surface area contributed by atoms with Crippen LogP contribution in [-0.2, 0) is 0 Å². The van der Waals surface area contributed by atoms with Crippen LogP contribution in [0.1, 0.15) is 38.9 Å². The lowest BCUT2D eigenvalue weighted by Crippen LogP contribution is -2.27. The molecule has 1 aromatic carbocycles. The highest BCUT2D eigenvalue weighted by molar-refractivity contribution is 5.48. The summed E-state index contributed by atoms with van der Waals surface area (Å²) in [4.78, 5) is 2.18. The number of rotatable bonds is 6. The third kappa shape index (κ3) is 3.75. The molecule has 0 saturated heterocycles. The molecule has 18 heavy (non-hydrogen) atoms. The summed E-state index contributed by atoms with van der Waals surface area (Å²) < 4.78 is 0. The first kappa shape index (κ1) is 14.5. The monoisotopic (exact) mass is 246 g/mol. The predicted octanol–water partition coefficient (Wildman–Crippen LogP) is 3.12. The van der Waals surface area contributed by atoms with Gasteiger partial charge in [0.15, 0.2) is 0 Å². The Morgan fingerprint density at radius 1 is 1.28 bits per heavy atom. The molecule has 0 radical (unpaired) electrons. The van der Waals surface area contributed by atoms with Gasteiger partial charge in [0.25, 0.3) is 0 Å². The van der Waals surface area contributed by atoms with Crippen molar-refractivity contribution in [2.45, 2.75) is 33.3 Å². The molecule has 98 valence electrons. The SMILES string of the molecule is CC[C@@H](O)c1ccc(N(CC)CC(C)C#N)cc1. The highest BCUT2D eigenvalue weighted by atomic mass is 16.3. The van der Waals surface area contributed by atoms with Gasteiger partial charge >= 0.3 is 0 Å². The quantitative estimate of drug-likeness (QED) is 0.839. The first-order valence-corrected chi connectivity index (χ1v) is 6.54. The second-order valence-corrected chi connectivity index (χ2v) is 4.58. The van der Waals surface area contributed by atoms with E-state index in [1.807, 2.05) is 38.1 Å². The van der Waals surface area contributed by atoms with E-state index in [0.29, 0.717) is 0 Å². The van der Waals surface area contributed by atoms with Crippen molar-refractivity contribution in [3.8, 4) is 6.07 Å². The Bertz CT molecular complexity index is 394. The van der Waals surface area contributed by atoms with Crippen molar-refractivity contribution in [2.24, 2.45) is 5.92 Å². The maximum atomic E-state index is 9.74. The summed E-state index contributed by atoms with van der Waals surface area (Å²) in [5.41, 5.74) is 2.05. The van der Waals surface area contributed by atoms with Crippen molar-refractivity contribution in [1.29, 1.82) is 5.26 Å². The van der Waals surface area contributed by atoms with Crippen LogP contribution in [0.2, 0.25) is 0 Å². The first-order chi connectivity index (χ1) is 8.62. The van der Waals surface area contributed by atoms with Crippen molar-refractivity contribution in [3.63, 3.8) is 0 Å². The van der Waals surface area contributed by atoms with Gasteiger partial charge in [0, 0.05) is 18.8 Å². The molecule has 0 aliphatic carbocycles. The van der Waals surface area contributed by atoms with Gasteiger partial charge in [-0.3, -0.25) is 0 Å². The fourth-order valence-corrected chi connectivity index (χ4v) is 1.93. The molecule has 1 N–H and O–H groups in total. The number of hydrogen-bond donors (Lipinski definition) is 1. The average molecular weight is 246 g/mol. The van der Waals surface area contributed by atoms with Crippen molar-refractivity contribution in [3.05, 3.63) is 29.8 Å². The van der Waals surface area contributed by atoms with E-state index in [9.17, 15) is 5.11 Å². The van der Waals surface area contributed by atoms with Gasteiger partial charge in [0.05, 0.1) is 18.1 Å². The van der Waals surface area contributed by atoms with Crippen LogP contribution >= 0.6 is 0 Å². The minimum atomic E-state index is -0.382. The Hall–Kier alpha value is -1.53. The highest BCUT2D eigenvalue weighted by Gasteiger charge is 2.10. The van der Waals surface area contributed by atoms with Crippen LogP contribution < -0.4 is 4.90 Å². The van der Waals surface area contributed by atoms with Crippen molar-refractivity contribution in [1.82, 2.24) is 0 Å². The number of aliphatic hydroxyl groups is 1. The molecule has 0 spiro atoms. The average Bonchev–Trinajstić information content (AvgIpc) is 2.43. The topological polar surface area (TPSA) is 47.3 Å². The molecular weight excluding hydrogens is 224 g/mol. The maximum absolute atomic E-state index is 9.74. The first-order valence-electron chi connectivity index (χ1n) is 6.54. The zero-order valence-corrected chi connectivity index (χ0v) is 11.4. The summed E-state index contributed by atoms with van der Waals surface area (Å²) in [5, 5.41) is 18.6. The van der Waals surface area contributed by atoms with E-state index in [-0.39, 0.29) is 12.0 Å². The van der Waals surface area contributed by atoms with E-state index in [1.165, 1.54) is 0 Å². The Labute approximate surface area is 110 Å². The Kier molecular flexibility index (Phi) is 5.67. The van der Waals surface area contributed by atoms with Crippen LogP contribution in [0.5, 0.6) is 0 Å². The smallest absolute Gasteiger partial charge is 0.0787 e. The summed E-state index contributed by atoms with van der Waals surface area (Å²) >= 11 is 0. The third-order valence-corrected chi connectivity index (χ3v) is 3.13. The van der Waals surface area contributed by atoms with Crippen molar-refractivity contribution < 1.29 is 5.11 Å². The summed E-state index contributed by atoms with van der Waals surface area (Å²) in [5.74, 6) is 0.0193. The molecule has 0 aliphatic heterocycles. The summed E-state index contributed by atoms with van der Waals surface area (Å²) in [6.45, 7) is 7.59. The van der Waals surface area contributed by atoms with E-state index in [2.05, 4.69) is 17.9 Å². The number of aliphatic hydroxyl groups excluding tert-OH is 1. The van der Waals surface area contributed by atoms with Crippen LogP contribution in [0.25, 0.3) is 0 Å². The minimum absolute atomic E-state index is 0.0193. The predicted molar refractivity (Wildman–Crippen MR) is 74.4 cm³/mol. The van der Waals surface area contributed by atoms with Crippen molar-refractivity contribution >= 4 is 5.69 Å². The Morgan fingerprint density at radius 3 is 2.33 bits per heavy atom. The maximum Gasteiger partial charge on any atom is 0.0787 e. The molecule has 2 atom stereocenters. The van der Waals surface area contributed by atoms with Crippen molar-refractivity contribution in [2.75, 3.05) is 18.0 Å². The molecule has 3 heteroatoms. The Morgan fingerprint density at radius 2 is 1.89 bits per heavy atom. The molecule has 0 aliphatic rings. The lowest BCUT2D eigenvalue weighted by atomic mass is 10.1. The minimum Gasteiger partial charge on any atom is -0.388 e. The summed E-state index contributed by atoms with van der Waals surface area (Å²) in [6.07, 6.45) is 0.342. The molecule has 1 unspecified atom stereocenters. The van der Waals surface area contributed by atoms with Crippen LogP contribution in [0.15, 0.2) is 24.3 Å². The van der Waals surface area contributed by atoms with Gasteiger partial charge in [-0.25, -0.2) is 0 Å². The number of hydrogen-bond acceptors (Lipinski definition) is 3. The number of anilines is 1. The van der Waals surface area contributed by atoms with E-state index in [4.69, 9.17) is 5.26 Å². The van der Waals surface area contributed by atoms with Gasteiger partial charge in [0.2, 0.25) is 0 Å². The summed E-state index contributed by atoms with van der Waals surface area (Å²) in [7, 11) is 0. The molecule has 3 nitrogen and oxygen atoms in total. The molecule has 0 aromatic heterocycles. The normalized spacial score (nSPS) is 13.7. The highest BCUT2D eigenvalue weighted by Crippen LogP contribution is 2.21. The van der Waals surface area contributed by atoms with Crippen LogP contribution in [0.4, 0.5) is 5.69 Å². The molecule has 1 aromatic rings. The fourth-order valence-electron chi connectivity index (χ4n) is 1.93. The zero-order chi connectivity index (χ0) is 13.5. The van der Waals surface area contributed by atoms with Gasteiger partial charge in [-0.1, -0.05) is 19.1 Å². The fraction of sp³-hybridized carbons (Fsp3) is 0.533. The largest absolute Gasteiger partial charge is 0.388 e. The van der Waals surface area contributed by atoms with E-state index in [0.717, 1.165) is 30.8 Å². The standard InChI is InChI=1S/C15H22N2O/c1-4-15(18)13-6-8-14(9-7-13)17(5-2)11-12(3)10-16/h6-9,12,15,18H,4-5,11H2,1-3H3/t12?,15-/m1/s1. The van der Waals surface area contributed by atoms with Gasteiger partial charge in [-0.05, 0) is 38.0 Å². The molecular formula is C15H22N2O. The molecule has 0 saturated carbocycles. The second kappa shape index (κ2) is 7.03. The molecule has 0 bridgehead atoms. The zero-order valence-electron chi connectivity index (χ0n) is 11.4. The Balaban J connectivity index is 2.79. The number of nitriles is 1. The van der Waals surface area contributed by atoms with Gasteiger partial charge in [-0.2, -0.15) is 5.26 Å². The van der Waals surface area contributed by atoms with Gasteiger partial charge in [-0.15, -0.1) is 0 Å². The molecule has 1 rings (SSSR count). The third-order valence-electron chi connectivity index (χ3n) is 3.13. The summed E-state index contributed by atoms with van der Waals surface area (Å²) in [6, 6.07) is 10.2. The molecule has 0 fully saturated rings. The van der Waals surface area contributed by atoms with E-state index >= 15 is 0 Å². The van der Waals surface area contributed by atoms with Gasteiger partial charge < -0.3 is 10.0 Å². The molecule has 0 amide bonds. The lowest BCUT2D eigenvalue weighted by molar-refractivity contribution is 0.173. The molecule has 0 heterocycles. The lowest BCUT2D eigenvalue weighted by Gasteiger charge is -2.24.